The van der Waals surface area contributed by atoms with Crippen molar-refractivity contribution < 1.29 is 0 Å². The third kappa shape index (κ3) is 7.02. The maximum atomic E-state index is 4.79. The molecule has 1 unspecified atom stereocenters. The Balaban J connectivity index is 1.54. The predicted octanol–water partition coefficient (Wildman–Crippen LogP) is 3.66. The van der Waals surface area contributed by atoms with Crippen molar-refractivity contribution >= 4 is 17.3 Å². The highest BCUT2D eigenvalue weighted by atomic mass is 32.1. The lowest BCUT2D eigenvalue weighted by molar-refractivity contribution is 0.580. The lowest BCUT2D eigenvalue weighted by atomic mass is 10.1. The number of benzene rings is 1. The van der Waals surface area contributed by atoms with Gasteiger partial charge in [-0.25, -0.2) is 4.99 Å². The number of thiophene rings is 1. The number of aromatic nitrogens is 3. The molecule has 0 spiro atoms. The summed E-state index contributed by atoms with van der Waals surface area (Å²) in [6, 6.07) is 15.1. The highest BCUT2D eigenvalue weighted by Crippen LogP contribution is 2.09. The Morgan fingerprint density at radius 1 is 1.21 bits per heavy atom. The quantitative estimate of drug-likeness (QED) is 0.395. The molecule has 0 aliphatic heterocycles. The smallest absolute Gasteiger partial charge is 0.191 e. The molecule has 0 bridgehead atoms. The molecule has 0 fully saturated rings. The zero-order valence-corrected chi connectivity index (χ0v) is 18.0. The second-order valence-electron chi connectivity index (χ2n) is 7.03. The van der Waals surface area contributed by atoms with Gasteiger partial charge >= 0.3 is 0 Å². The van der Waals surface area contributed by atoms with Crippen LogP contribution in [-0.2, 0) is 25.9 Å². The molecule has 0 saturated heterocycles. The average Bonchev–Trinajstić information content (AvgIpc) is 3.43. The fraction of sp³-hybridized carbons (Fsp3) is 0.409. The van der Waals surface area contributed by atoms with E-state index in [4.69, 9.17) is 4.99 Å². The van der Waals surface area contributed by atoms with Gasteiger partial charge in [0.15, 0.2) is 5.96 Å². The van der Waals surface area contributed by atoms with E-state index in [0.29, 0.717) is 12.6 Å². The van der Waals surface area contributed by atoms with E-state index in [1.807, 2.05) is 0 Å². The average molecular weight is 411 g/mol. The Hall–Kier alpha value is -2.67. The van der Waals surface area contributed by atoms with Crippen LogP contribution >= 0.6 is 11.3 Å². The summed E-state index contributed by atoms with van der Waals surface area (Å²) < 4.78 is 2.09. The highest BCUT2D eigenvalue weighted by Gasteiger charge is 2.07. The van der Waals surface area contributed by atoms with E-state index in [1.54, 1.807) is 17.7 Å². The SMILES string of the molecule is CCc1nncn1CCNC(=NCc1cccs1)NC(C)CCc1ccccc1. The highest BCUT2D eigenvalue weighted by molar-refractivity contribution is 7.09. The van der Waals surface area contributed by atoms with E-state index in [-0.39, 0.29) is 0 Å². The van der Waals surface area contributed by atoms with Gasteiger partial charge in [-0.1, -0.05) is 43.3 Å². The first-order valence-corrected chi connectivity index (χ1v) is 11.1. The first-order chi connectivity index (χ1) is 14.2. The van der Waals surface area contributed by atoms with Crippen molar-refractivity contribution in [3.05, 3.63) is 70.4 Å². The lowest BCUT2D eigenvalue weighted by Crippen LogP contribution is -2.43. The van der Waals surface area contributed by atoms with Gasteiger partial charge in [0.2, 0.25) is 0 Å². The second-order valence-corrected chi connectivity index (χ2v) is 8.07. The molecule has 2 heterocycles. The summed E-state index contributed by atoms with van der Waals surface area (Å²) in [4.78, 5) is 6.05. The van der Waals surface area contributed by atoms with Crippen molar-refractivity contribution in [1.29, 1.82) is 0 Å². The molecule has 0 saturated carbocycles. The normalized spacial score (nSPS) is 12.7. The van der Waals surface area contributed by atoms with E-state index < -0.39 is 0 Å². The topological polar surface area (TPSA) is 67.1 Å². The fourth-order valence-electron chi connectivity index (χ4n) is 3.08. The number of hydrogen-bond acceptors (Lipinski definition) is 4. The monoisotopic (exact) mass is 410 g/mol. The van der Waals surface area contributed by atoms with Crippen molar-refractivity contribution in [3.8, 4) is 0 Å². The summed E-state index contributed by atoms with van der Waals surface area (Å²) in [5.41, 5.74) is 1.37. The Kier molecular flexibility index (Phi) is 8.25. The van der Waals surface area contributed by atoms with Crippen molar-refractivity contribution in [3.63, 3.8) is 0 Å². The fourth-order valence-corrected chi connectivity index (χ4v) is 3.71. The molecule has 3 aromatic rings. The summed E-state index contributed by atoms with van der Waals surface area (Å²) in [5.74, 6) is 1.86. The van der Waals surface area contributed by atoms with E-state index in [2.05, 4.69) is 87.1 Å². The van der Waals surface area contributed by atoms with E-state index >= 15 is 0 Å². The molecule has 0 aliphatic carbocycles. The van der Waals surface area contributed by atoms with Crippen LogP contribution in [0.2, 0.25) is 0 Å². The maximum absolute atomic E-state index is 4.79. The third-order valence-corrected chi connectivity index (χ3v) is 5.58. The van der Waals surface area contributed by atoms with Gasteiger partial charge in [0.1, 0.15) is 12.2 Å². The predicted molar refractivity (Wildman–Crippen MR) is 120 cm³/mol. The Morgan fingerprint density at radius 2 is 2.07 bits per heavy atom. The van der Waals surface area contributed by atoms with Crippen molar-refractivity contribution in [2.24, 2.45) is 4.99 Å². The molecule has 6 nitrogen and oxygen atoms in total. The summed E-state index contributed by atoms with van der Waals surface area (Å²) in [5, 5.41) is 17.3. The lowest BCUT2D eigenvalue weighted by Gasteiger charge is -2.19. The third-order valence-electron chi connectivity index (χ3n) is 4.72. The number of nitrogens with one attached hydrogen (secondary N) is 2. The molecule has 1 aromatic carbocycles. The van der Waals surface area contributed by atoms with Crippen LogP contribution in [0.4, 0.5) is 0 Å². The largest absolute Gasteiger partial charge is 0.355 e. The second kappa shape index (κ2) is 11.4. The van der Waals surface area contributed by atoms with Gasteiger partial charge < -0.3 is 15.2 Å². The minimum atomic E-state index is 0.325. The molecule has 0 radical (unpaired) electrons. The van der Waals surface area contributed by atoms with Gasteiger partial charge in [-0.05, 0) is 36.8 Å². The van der Waals surface area contributed by atoms with Crippen LogP contribution in [0.3, 0.4) is 0 Å². The van der Waals surface area contributed by atoms with Crippen LogP contribution < -0.4 is 10.6 Å². The standard InChI is InChI=1S/C22H30N6S/c1-3-21-27-25-17-28(21)14-13-23-22(24-16-20-10-7-15-29-20)26-18(2)11-12-19-8-5-4-6-9-19/h4-10,15,17-18H,3,11-14,16H2,1-2H3,(H2,23,24,26). The van der Waals surface area contributed by atoms with Gasteiger partial charge in [0, 0.05) is 30.4 Å². The van der Waals surface area contributed by atoms with Crippen LogP contribution in [0.1, 0.15) is 36.5 Å². The van der Waals surface area contributed by atoms with E-state index in [1.165, 1.54) is 10.4 Å². The van der Waals surface area contributed by atoms with Crippen molar-refractivity contribution in [1.82, 2.24) is 25.4 Å². The van der Waals surface area contributed by atoms with Crippen molar-refractivity contribution in [2.45, 2.75) is 52.2 Å². The number of rotatable bonds is 10. The molecule has 0 amide bonds. The molecule has 1 atom stereocenters. The molecule has 2 aromatic heterocycles. The minimum Gasteiger partial charge on any atom is -0.355 e. The van der Waals surface area contributed by atoms with Crippen LogP contribution in [0.5, 0.6) is 0 Å². The van der Waals surface area contributed by atoms with Gasteiger partial charge in [-0.15, -0.1) is 21.5 Å². The number of aliphatic imine (C=N–C) groups is 1. The van der Waals surface area contributed by atoms with Crippen molar-refractivity contribution in [2.75, 3.05) is 6.54 Å². The molecule has 7 heteroatoms. The first-order valence-electron chi connectivity index (χ1n) is 10.2. The molecular formula is C22H30N6S. The van der Waals surface area contributed by atoms with Gasteiger partial charge in [-0.3, -0.25) is 0 Å². The Morgan fingerprint density at radius 3 is 2.83 bits per heavy atom. The molecular weight excluding hydrogens is 380 g/mol. The zero-order chi connectivity index (χ0) is 20.3. The maximum Gasteiger partial charge on any atom is 0.191 e. The Bertz CT molecular complexity index is 857. The van der Waals surface area contributed by atoms with Gasteiger partial charge in [0.25, 0.3) is 0 Å². The van der Waals surface area contributed by atoms with Gasteiger partial charge in [-0.2, -0.15) is 0 Å². The Labute approximate surface area is 177 Å². The summed E-state index contributed by atoms with van der Waals surface area (Å²) >= 11 is 1.73. The van der Waals surface area contributed by atoms with Crippen LogP contribution in [0.25, 0.3) is 0 Å². The van der Waals surface area contributed by atoms with E-state index in [9.17, 15) is 0 Å². The number of aryl methyl sites for hydroxylation is 2. The summed E-state index contributed by atoms with van der Waals surface area (Å²) in [6.45, 7) is 6.57. The molecule has 29 heavy (non-hydrogen) atoms. The number of hydrogen-bond donors (Lipinski definition) is 2. The van der Waals surface area contributed by atoms with E-state index in [0.717, 1.165) is 44.1 Å². The van der Waals surface area contributed by atoms with Crippen LogP contribution in [0.15, 0.2) is 59.2 Å². The van der Waals surface area contributed by atoms with Gasteiger partial charge in [0.05, 0.1) is 6.54 Å². The van der Waals surface area contributed by atoms with Crippen LogP contribution in [0, 0.1) is 0 Å². The molecule has 154 valence electrons. The minimum absolute atomic E-state index is 0.325. The zero-order valence-electron chi connectivity index (χ0n) is 17.2. The molecule has 3 rings (SSSR count). The molecule has 0 aliphatic rings. The summed E-state index contributed by atoms with van der Waals surface area (Å²) in [7, 11) is 0. The summed E-state index contributed by atoms with van der Waals surface area (Å²) in [6.07, 6.45) is 4.77. The first kappa shape index (κ1) is 21.0. The number of guanidine groups is 1. The molecule has 2 N–H and O–H groups in total. The van der Waals surface area contributed by atoms with Crippen LogP contribution in [-0.4, -0.2) is 33.3 Å². The number of nitrogens with zero attached hydrogens (tertiary/aromatic N) is 4.